The predicted octanol–water partition coefficient (Wildman–Crippen LogP) is 1.82. The molecular weight excluding hydrogens is 200 g/mol. The molecule has 2 saturated carbocycles. The van der Waals surface area contributed by atoms with Crippen LogP contribution in [0, 0.1) is 5.41 Å². The number of nitrogens with one attached hydrogen (secondary N) is 2. The number of hydrogen-bond donors (Lipinski definition) is 2. The van der Waals surface area contributed by atoms with Gasteiger partial charge >= 0.3 is 0 Å². The molecule has 0 aromatic carbocycles. The van der Waals surface area contributed by atoms with Gasteiger partial charge in [-0.25, -0.2) is 0 Å². The van der Waals surface area contributed by atoms with Crippen LogP contribution in [0.4, 0.5) is 0 Å². The summed E-state index contributed by atoms with van der Waals surface area (Å²) in [4.78, 5) is 11.6. The SMILES string of the molecule is CC1(CNC(=O)CNC2CC2)CCCCC1. The number of hydrogen-bond acceptors (Lipinski definition) is 2. The monoisotopic (exact) mass is 224 g/mol. The summed E-state index contributed by atoms with van der Waals surface area (Å²) in [5.41, 5.74) is 0.355. The van der Waals surface area contributed by atoms with Crippen LogP contribution < -0.4 is 10.6 Å². The quantitative estimate of drug-likeness (QED) is 0.748. The number of amides is 1. The van der Waals surface area contributed by atoms with E-state index in [1.54, 1.807) is 0 Å². The van der Waals surface area contributed by atoms with Crippen molar-refractivity contribution in [2.75, 3.05) is 13.1 Å². The fourth-order valence-corrected chi connectivity index (χ4v) is 2.48. The van der Waals surface area contributed by atoms with Gasteiger partial charge in [0.2, 0.25) is 5.91 Å². The second-order valence-corrected chi connectivity index (χ2v) is 5.80. The van der Waals surface area contributed by atoms with Crippen molar-refractivity contribution >= 4 is 5.91 Å². The molecule has 3 nitrogen and oxygen atoms in total. The Morgan fingerprint density at radius 3 is 2.56 bits per heavy atom. The van der Waals surface area contributed by atoms with Crippen molar-refractivity contribution in [2.24, 2.45) is 5.41 Å². The highest BCUT2D eigenvalue weighted by Gasteiger charge is 2.27. The van der Waals surface area contributed by atoms with E-state index < -0.39 is 0 Å². The third-order valence-electron chi connectivity index (χ3n) is 3.90. The van der Waals surface area contributed by atoms with Crippen LogP contribution in [0.5, 0.6) is 0 Å². The zero-order chi connectivity index (χ0) is 11.4. The summed E-state index contributed by atoms with van der Waals surface area (Å²) in [5, 5.41) is 6.32. The van der Waals surface area contributed by atoms with E-state index in [1.165, 1.54) is 44.9 Å². The zero-order valence-corrected chi connectivity index (χ0v) is 10.3. The largest absolute Gasteiger partial charge is 0.354 e. The minimum absolute atomic E-state index is 0.165. The third-order valence-corrected chi connectivity index (χ3v) is 3.90. The second kappa shape index (κ2) is 5.17. The third kappa shape index (κ3) is 3.78. The summed E-state index contributed by atoms with van der Waals surface area (Å²) >= 11 is 0. The van der Waals surface area contributed by atoms with Crippen LogP contribution in [0.2, 0.25) is 0 Å². The normalized spacial score (nSPS) is 24.1. The fraction of sp³-hybridized carbons (Fsp3) is 0.923. The van der Waals surface area contributed by atoms with Crippen LogP contribution in [-0.2, 0) is 4.79 Å². The van der Waals surface area contributed by atoms with Crippen LogP contribution in [0.15, 0.2) is 0 Å². The van der Waals surface area contributed by atoms with Crippen LogP contribution in [0.3, 0.4) is 0 Å². The maximum Gasteiger partial charge on any atom is 0.233 e. The van der Waals surface area contributed by atoms with E-state index in [9.17, 15) is 4.79 Å². The molecule has 3 heteroatoms. The van der Waals surface area contributed by atoms with Crippen molar-refractivity contribution < 1.29 is 4.79 Å². The molecule has 16 heavy (non-hydrogen) atoms. The van der Waals surface area contributed by atoms with Crippen LogP contribution in [-0.4, -0.2) is 25.0 Å². The first-order chi connectivity index (χ1) is 7.68. The number of carbonyl (C=O) groups is 1. The lowest BCUT2D eigenvalue weighted by Gasteiger charge is -2.33. The molecule has 2 aliphatic rings. The first-order valence-corrected chi connectivity index (χ1v) is 6.68. The first-order valence-electron chi connectivity index (χ1n) is 6.68. The highest BCUT2D eigenvalue weighted by atomic mass is 16.1. The molecule has 2 aliphatic carbocycles. The lowest BCUT2D eigenvalue weighted by Crippen LogP contribution is -2.41. The molecule has 0 aromatic rings. The zero-order valence-electron chi connectivity index (χ0n) is 10.3. The van der Waals surface area contributed by atoms with E-state index in [-0.39, 0.29) is 5.91 Å². The van der Waals surface area contributed by atoms with E-state index in [0.29, 0.717) is 18.0 Å². The van der Waals surface area contributed by atoms with E-state index >= 15 is 0 Å². The van der Waals surface area contributed by atoms with Gasteiger partial charge in [-0.05, 0) is 31.1 Å². The van der Waals surface area contributed by atoms with Gasteiger partial charge in [0.15, 0.2) is 0 Å². The Morgan fingerprint density at radius 1 is 1.25 bits per heavy atom. The van der Waals surface area contributed by atoms with Crippen molar-refractivity contribution in [3.8, 4) is 0 Å². The molecule has 0 unspecified atom stereocenters. The van der Waals surface area contributed by atoms with Crippen LogP contribution >= 0.6 is 0 Å². The smallest absolute Gasteiger partial charge is 0.233 e. The molecular formula is C13H24N2O. The minimum Gasteiger partial charge on any atom is -0.354 e. The van der Waals surface area contributed by atoms with Crippen molar-refractivity contribution in [1.82, 2.24) is 10.6 Å². The van der Waals surface area contributed by atoms with Gasteiger partial charge < -0.3 is 10.6 Å². The van der Waals surface area contributed by atoms with Crippen LogP contribution in [0.1, 0.15) is 51.9 Å². The topological polar surface area (TPSA) is 41.1 Å². The average Bonchev–Trinajstić information content (AvgIpc) is 3.09. The molecule has 0 atom stereocenters. The molecule has 2 rings (SSSR count). The van der Waals surface area contributed by atoms with E-state index in [2.05, 4.69) is 17.6 Å². The molecule has 0 saturated heterocycles. The number of carbonyl (C=O) groups excluding carboxylic acids is 1. The van der Waals surface area contributed by atoms with Crippen molar-refractivity contribution in [2.45, 2.75) is 57.9 Å². The summed E-state index contributed by atoms with van der Waals surface area (Å²) in [7, 11) is 0. The van der Waals surface area contributed by atoms with Gasteiger partial charge in [-0.2, -0.15) is 0 Å². The van der Waals surface area contributed by atoms with Crippen molar-refractivity contribution in [1.29, 1.82) is 0 Å². The van der Waals surface area contributed by atoms with Gasteiger partial charge in [0, 0.05) is 12.6 Å². The van der Waals surface area contributed by atoms with Crippen LogP contribution in [0.25, 0.3) is 0 Å². The Bertz CT molecular complexity index is 242. The molecule has 0 aliphatic heterocycles. The maximum atomic E-state index is 11.6. The van der Waals surface area contributed by atoms with Gasteiger partial charge in [0.1, 0.15) is 0 Å². The summed E-state index contributed by atoms with van der Waals surface area (Å²) in [5.74, 6) is 0.165. The van der Waals surface area contributed by atoms with Gasteiger partial charge in [-0.1, -0.05) is 26.2 Å². The minimum atomic E-state index is 0.165. The predicted molar refractivity (Wildman–Crippen MR) is 65.2 cm³/mol. The first kappa shape index (κ1) is 11.9. The standard InChI is InChI=1S/C13H24N2O/c1-13(7-3-2-4-8-13)10-15-12(16)9-14-11-5-6-11/h11,14H,2-10H2,1H3,(H,15,16). The molecule has 0 radical (unpaired) electrons. The lowest BCUT2D eigenvalue weighted by molar-refractivity contribution is -0.120. The maximum absolute atomic E-state index is 11.6. The van der Waals surface area contributed by atoms with Crippen molar-refractivity contribution in [3.05, 3.63) is 0 Å². The van der Waals surface area contributed by atoms with Crippen molar-refractivity contribution in [3.63, 3.8) is 0 Å². The molecule has 0 spiro atoms. The summed E-state index contributed by atoms with van der Waals surface area (Å²) in [6, 6.07) is 0.621. The Morgan fingerprint density at radius 2 is 1.94 bits per heavy atom. The Balaban J connectivity index is 1.62. The Labute approximate surface area is 98.4 Å². The molecule has 0 aromatic heterocycles. The molecule has 0 heterocycles. The van der Waals surface area contributed by atoms with Gasteiger partial charge in [0.25, 0.3) is 0 Å². The summed E-state index contributed by atoms with van der Waals surface area (Å²) in [6.45, 7) is 3.67. The van der Waals surface area contributed by atoms with Gasteiger partial charge in [-0.3, -0.25) is 4.79 Å². The second-order valence-electron chi connectivity index (χ2n) is 5.80. The van der Waals surface area contributed by atoms with Gasteiger partial charge in [-0.15, -0.1) is 0 Å². The fourth-order valence-electron chi connectivity index (χ4n) is 2.48. The molecule has 1 amide bonds. The lowest BCUT2D eigenvalue weighted by atomic mass is 9.76. The van der Waals surface area contributed by atoms with Gasteiger partial charge in [0.05, 0.1) is 6.54 Å². The summed E-state index contributed by atoms with van der Waals surface area (Å²) in [6.07, 6.45) is 9.04. The summed E-state index contributed by atoms with van der Waals surface area (Å²) < 4.78 is 0. The Hall–Kier alpha value is -0.570. The average molecular weight is 224 g/mol. The number of rotatable bonds is 5. The highest BCUT2D eigenvalue weighted by Crippen LogP contribution is 2.34. The molecule has 2 N–H and O–H groups in total. The molecule has 92 valence electrons. The highest BCUT2D eigenvalue weighted by molar-refractivity contribution is 5.78. The molecule has 0 bridgehead atoms. The Kier molecular flexibility index (Phi) is 3.85. The van der Waals surface area contributed by atoms with E-state index in [4.69, 9.17) is 0 Å². The van der Waals surface area contributed by atoms with E-state index in [1.807, 2.05) is 0 Å². The molecule has 2 fully saturated rings. The van der Waals surface area contributed by atoms with E-state index in [0.717, 1.165) is 6.54 Å².